The first kappa shape index (κ1) is 11.2. The van der Waals surface area contributed by atoms with Crippen LogP contribution in [0.5, 0.6) is 0 Å². The van der Waals surface area contributed by atoms with Gasteiger partial charge in [-0.1, -0.05) is 36.4 Å². The van der Waals surface area contributed by atoms with Crippen LogP contribution in [0.3, 0.4) is 0 Å². The van der Waals surface area contributed by atoms with Crippen LogP contribution in [0.15, 0.2) is 42.5 Å². The van der Waals surface area contributed by atoms with Gasteiger partial charge < -0.3 is 4.90 Å². The summed E-state index contributed by atoms with van der Waals surface area (Å²) < 4.78 is 0. The molecule has 0 radical (unpaired) electrons. The van der Waals surface area contributed by atoms with Gasteiger partial charge >= 0.3 is 18.9 Å². The summed E-state index contributed by atoms with van der Waals surface area (Å²) in [5, 5.41) is 2.61. The fraction of sp³-hybridized carbons (Fsp3) is 0.167. The molecule has 0 amide bonds. The molecule has 0 fully saturated rings. The van der Waals surface area contributed by atoms with Gasteiger partial charge in [0.1, 0.15) is 0 Å². The molecule has 14 heavy (non-hydrogen) atoms. The first-order valence-electron chi connectivity index (χ1n) is 4.44. The molecule has 66 valence electrons. The van der Waals surface area contributed by atoms with E-state index in [0.717, 1.165) is 0 Å². The second kappa shape index (κ2) is 4.55. The van der Waals surface area contributed by atoms with Crippen molar-refractivity contribution in [3.8, 4) is 0 Å². The number of fused-ring (bicyclic) bond motifs is 1. The van der Waals surface area contributed by atoms with Gasteiger partial charge in [0.15, 0.2) is 0 Å². The quantitative estimate of drug-likeness (QED) is 0.552. The normalized spacial score (nSPS) is 9.57. The Labute approximate surface area is 96.9 Å². The fourth-order valence-electron chi connectivity index (χ4n) is 1.60. The molecule has 0 aromatic heterocycles. The van der Waals surface area contributed by atoms with E-state index >= 15 is 0 Å². The minimum atomic E-state index is 0. The van der Waals surface area contributed by atoms with Gasteiger partial charge in [0.2, 0.25) is 0 Å². The molecule has 0 aliphatic heterocycles. The van der Waals surface area contributed by atoms with Gasteiger partial charge in [0, 0.05) is 25.2 Å². The minimum absolute atomic E-state index is 0. The molecule has 0 saturated carbocycles. The van der Waals surface area contributed by atoms with Gasteiger partial charge in [-0.25, -0.2) is 0 Å². The van der Waals surface area contributed by atoms with Crippen molar-refractivity contribution in [1.82, 2.24) is 0 Å². The molecule has 0 aliphatic carbocycles. The topological polar surface area (TPSA) is 3.24 Å². The number of hydrogen-bond acceptors (Lipinski definition) is 1. The van der Waals surface area contributed by atoms with Crippen molar-refractivity contribution in [1.29, 1.82) is 0 Å². The van der Waals surface area contributed by atoms with E-state index in [0.29, 0.717) is 0 Å². The van der Waals surface area contributed by atoms with Gasteiger partial charge in [-0.2, -0.15) is 0 Å². The third-order valence-corrected chi connectivity index (χ3v) is 2.25. The van der Waals surface area contributed by atoms with Crippen molar-refractivity contribution < 1.29 is 18.9 Å². The minimum Gasteiger partial charge on any atom is -0.377 e. The standard InChI is InChI=1S/C12H13N.Li/c1-13(2)12-9-5-7-10-6-3-4-8-11(10)12;/h3-9H,1-2H3;/q;+1. The maximum absolute atomic E-state index is 2.16. The Balaban J connectivity index is 0.000000980. The number of benzene rings is 2. The Hall–Kier alpha value is -0.903. The number of hydrogen-bond donors (Lipinski definition) is 0. The Morgan fingerprint density at radius 3 is 2.21 bits per heavy atom. The van der Waals surface area contributed by atoms with E-state index in [-0.39, 0.29) is 18.9 Å². The SMILES string of the molecule is CN(C)c1cccc2ccccc12.[Li+]. The molecule has 0 N–H and O–H groups in total. The van der Waals surface area contributed by atoms with Crippen molar-refractivity contribution in [2.45, 2.75) is 0 Å². The monoisotopic (exact) mass is 178 g/mol. The summed E-state index contributed by atoms with van der Waals surface area (Å²) in [5.74, 6) is 0. The first-order chi connectivity index (χ1) is 6.29. The molecule has 1 nitrogen and oxygen atoms in total. The average molecular weight is 178 g/mol. The summed E-state index contributed by atoms with van der Waals surface area (Å²) in [7, 11) is 4.14. The van der Waals surface area contributed by atoms with Gasteiger partial charge in [0.25, 0.3) is 0 Å². The Kier molecular flexibility index (Phi) is 3.63. The molecule has 0 atom stereocenters. The van der Waals surface area contributed by atoms with Crippen molar-refractivity contribution in [2.75, 3.05) is 19.0 Å². The van der Waals surface area contributed by atoms with Gasteiger partial charge in [0.05, 0.1) is 0 Å². The second-order valence-corrected chi connectivity index (χ2v) is 3.39. The van der Waals surface area contributed by atoms with E-state index in [9.17, 15) is 0 Å². The van der Waals surface area contributed by atoms with Crippen molar-refractivity contribution in [2.24, 2.45) is 0 Å². The summed E-state index contributed by atoms with van der Waals surface area (Å²) in [6, 6.07) is 14.8. The van der Waals surface area contributed by atoms with E-state index < -0.39 is 0 Å². The van der Waals surface area contributed by atoms with Crippen LogP contribution in [0.4, 0.5) is 5.69 Å². The Morgan fingerprint density at radius 1 is 0.857 bits per heavy atom. The molecular weight excluding hydrogens is 165 g/mol. The number of nitrogens with zero attached hydrogens (tertiary/aromatic N) is 1. The summed E-state index contributed by atoms with van der Waals surface area (Å²) in [5.41, 5.74) is 1.28. The number of anilines is 1. The third-order valence-electron chi connectivity index (χ3n) is 2.25. The fourth-order valence-corrected chi connectivity index (χ4v) is 1.60. The maximum Gasteiger partial charge on any atom is 1.00 e. The zero-order chi connectivity index (χ0) is 9.26. The molecule has 2 heteroatoms. The molecular formula is C12H13LiN+. The summed E-state index contributed by atoms with van der Waals surface area (Å²) in [6.45, 7) is 0. The van der Waals surface area contributed by atoms with Gasteiger partial charge in [-0.15, -0.1) is 0 Å². The Morgan fingerprint density at radius 2 is 1.50 bits per heavy atom. The van der Waals surface area contributed by atoms with Crippen LogP contribution in [0.1, 0.15) is 0 Å². The van der Waals surface area contributed by atoms with E-state index in [4.69, 9.17) is 0 Å². The molecule has 2 aromatic carbocycles. The predicted molar refractivity (Wildman–Crippen MR) is 58.3 cm³/mol. The van der Waals surface area contributed by atoms with E-state index in [1.165, 1.54) is 16.5 Å². The van der Waals surface area contributed by atoms with Gasteiger partial charge in [-0.3, -0.25) is 0 Å². The van der Waals surface area contributed by atoms with E-state index in [1.54, 1.807) is 0 Å². The second-order valence-electron chi connectivity index (χ2n) is 3.39. The van der Waals surface area contributed by atoms with Crippen LogP contribution in [0, 0.1) is 0 Å². The predicted octanol–water partition coefficient (Wildman–Crippen LogP) is -0.0902. The molecule has 0 aliphatic rings. The smallest absolute Gasteiger partial charge is 0.377 e. The van der Waals surface area contributed by atoms with Crippen molar-refractivity contribution in [3.63, 3.8) is 0 Å². The number of rotatable bonds is 1. The molecule has 0 heterocycles. The van der Waals surface area contributed by atoms with Crippen LogP contribution in [0.2, 0.25) is 0 Å². The molecule has 2 aromatic rings. The molecule has 0 unspecified atom stereocenters. The van der Waals surface area contributed by atoms with Gasteiger partial charge in [-0.05, 0) is 11.5 Å². The first-order valence-corrected chi connectivity index (χ1v) is 4.44. The molecule has 0 saturated heterocycles. The largest absolute Gasteiger partial charge is 1.00 e. The zero-order valence-electron chi connectivity index (χ0n) is 8.99. The third kappa shape index (κ3) is 1.95. The van der Waals surface area contributed by atoms with Crippen LogP contribution >= 0.6 is 0 Å². The average Bonchev–Trinajstić information content (AvgIpc) is 2.17. The van der Waals surface area contributed by atoms with Crippen molar-refractivity contribution >= 4 is 16.5 Å². The van der Waals surface area contributed by atoms with Crippen LogP contribution < -0.4 is 23.8 Å². The van der Waals surface area contributed by atoms with Crippen LogP contribution in [-0.2, 0) is 0 Å². The maximum atomic E-state index is 2.16. The van der Waals surface area contributed by atoms with Crippen LogP contribution in [0.25, 0.3) is 10.8 Å². The van der Waals surface area contributed by atoms with E-state index in [1.807, 2.05) is 0 Å². The molecule has 0 bridgehead atoms. The summed E-state index contributed by atoms with van der Waals surface area (Å²) in [6.07, 6.45) is 0. The Bertz CT molecular complexity index is 418. The van der Waals surface area contributed by atoms with Crippen LogP contribution in [-0.4, -0.2) is 14.1 Å². The zero-order valence-corrected chi connectivity index (χ0v) is 8.99. The summed E-state index contributed by atoms with van der Waals surface area (Å²) >= 11 is 0. The molecule has 2 rings (SSSR count). The molecule has 0 spiro atoms. The van der Waals surface area contributed by atoms with Crippen molar-refractivity contribution in [3.05, 3.63) is 42.5 Å². The summed E-state index contributed by atoms with van der Waals surface area (Å²) in [4.78, 5) is 2.14. The van der Waals surface area contributed by atoms with E-state index in [2.05, 4.69) is 61.5 Å².